The lowest BCUT2D eigenvalue weighted by Crippen LogP contribution is -2.24. The topological polar surface area (TPSA) is 47.4 Å². The van der Waals surface area contributed by atoms with Gasteiger partial charge in [-0.1, -0.05) is 43.3 Å². The van der Waals surface area contributed by atoms with E-state index in [1.807, 2.05) is 23.1 Å². The fraction of sp³-hybridized carbons (Fsp3) is 0.310. The standard InChI is InChI=1S/C29H31N3O2/c1-3-22-12-14-24(15-13-22)32-20-23(19-28(32)33)29-30-26-10-4-5-11-27(26)31(29)16-7-17-34-25-9-6-8-21(2)18-25/h4-6,8-15,18,23H,3,7,16-17,19-20H2,1-2H3. The minimum Gasteiger partial charge on any atom is -0.494 e. The zero-order valence-corrected chi connectivity index (χ0v) is 19.9. The first-order valence-corrected chi connectivity index (χ1v) is 12.2. The van der Waals surface area contributed by atoms with Crippen LogP contribution in [0.25, 0.3) is 11.0 Å². The number of anilines is 1. The summed E-state index contributed by atoms with van der Waals surface area (Å²) < 4.78 is 8.27. The zero-order valence-electron chi connectivity index (χ0n) is 19.9. The number of fused-ring (bicyclic) bond motifs is 1. The number of carbonyl (C=O) groups is 1. The Morgan fingerprint density at radius 2 is 1.85 bits per heavy atom. The number of imidazole rings is 1. The SMILES string of the molecule is CCc1ccc(N2CC(c3nc4ccccc4n3CCCOc3cccc(C)c3)CC2=O)cc1. The van der Waals surface area contributed by atoms with Gasteiger partial charge in [-0.05, 0) is 67.3 Å². The molecule has 0 bridgehead atoms. The Hall–Kier alpha value is -3.60. The average Bonchev–Trinajstić information content (AvgIpc) is 3.42. The number of aromatic nitrogens is 2. The van der Waals surface area contributed by atoms with Crippen LogP contribution in [0.1, 0.15) is 42.6 Å². The third-order valence-electron chi connectivity index (χ3n) is 6.61. The molecular formula is C29H31N3O2. The molecule has 5 nitrogen and oxygen atoms in total. The number of para-hydroxylation sites is 2. The number of ether oxygens (including phenoxy) is 1. The lowest BCUT2D eigenvalue weighted by atomic mass is 10.1. The first-order valence-electron chi connectivity index (χ1n) is 12.2. The predicted molar refractivity (Wildman–Crippen MR) is 137 cm³/mol. The van der Waals surface area contributed by atoms with Crippen LogP contribution in [-0.4, -0.2) is 28.6 Å². The summed E-state index contributed by atoms with van der Waals surface area (Å²) in [5, 5.41) is 0. The van der Waals surface area contributed by atoms with E-state index in [1.165, 1.54) is 11.1 Å². The summed E-state index contributed by atoms with van der Waals surface area (Å²) in [6.45, 7) is 6.31. The molecule has 1 unspecified atom stereocenters. The van der Waals surface area contributed by atoms with Crippen molar-refractivity contribution in [2.45, 2.75) is 45.6 Å². The molecule has 1 atom stereocenters. The molecule has 5 rings (SSSR count). The molecule has 1 saturated heterocycles. The lowest BCUT2D eigenvalue weighted by Gasteiger charge is -2.18. The van der Waals surface area contributed by atoms with Crippen molar-refractivity contribution in [2.24, 2.45) is 0 Å². The average molecular weight is 454 g/mol. The van der Waals surface area contributed by atoms with Crippen LogP contribution in [0.15, 0.2) is 72.8 Å². The highest BCUT2D eigenvalue weighted by molar-refractivity contribution is 5.96. The lowest BCUT2D eigenvalue weighted by molar-refractivity contribution is -0.117. The molecule has 1 aromatic heterocycles. The van der Waals surface area contributed by atoms with Crippen LogP contribution in [0.5, 0.6) is 5.75 Å². The molecule has 5 heteroatoms. The summed E-state index contributed by atoms with van der Waals surface area (Å²) in [6.07, 6.45) is 2.34. The Bertz CT molecular complexity index is 1290. The largest absolute Gasteiger partial charge is 0.494 e. The molecule has 0 saturated carbocycles. The van der Waals surface area contributed by atoms with Crippen LogP contribution in [0, 0.1) is 6.92 Å². The van der Waals surface area contributed by atoms with Crippen molar-refractivity contribution >= 4 is 22.6 Å². The summed E-state index contributed by atoms with van der Waals surface area (Å²) in [7, 11) is 0. The molecule has 0 aliphatic carbocycles. The molecule has 34 heavy (non-hydrogen) atoms. The molecule has 0 spiro atoms. The number of hydrogen-bond donors (Lipinski definition) is 0. The van der Waals surface area contributed by atoms with Crippen molar-refractivity contribution < 1.29 is 9.53 Å². The van der Waals surface area contributed by atoms with Crippen molar-refractivity contribution in [1.82, 2.24) is 9.55 Å². The van der Waals surface area contributed by atoms with E-state index in [0.29, 0.717) is 19.6 Å². The molecule has 1 aliphatic rings. The third-order valence-corrected chi connectivity index (χ3v) is 6.61. The summed E-state index contributed by atoms with van der Waals surface area (Å²) in [5.74, 6) is 2.14. The quantitative estimate of drug-likeness (QED) is 0.312. The Morgan fingerprint density at radius 1 is 1.03 bits per heavy atom. The zero-order chi connectivity index (χ0) is 23.5. The first-order chi connectivity index (χ1) is 16.6. The first kappa shape index (κ1) is 22.2. The van der Waals surface area contributed by atoms with Gasteiger partial charge < -0.3 is 14.2 Å². The fourth-order valence-electron chi connectivity index (χ4n) is 4.80. The van der Waals surface area contributed by atoms with Crippen molar-refractivity contribution in [3.8, 4) is 5.75 Å². The molecular weight excluding hydrogens is 422 g/mol. The third kappa shape index (κ3) is 4.56. The molecule has 3 aromatic carbocycles. The molecule has 174 valence electrons. The highest BCUT2D eigenvalue weighted by atomic mass is 16.5. The molecule has 1 amide bonds. The Labute approximate surface area is 201 Å². The number of amides is 1. The van der Waals surface area contributed by atoms with Gasteiger partial charge in [-0.3, -0.25) is 4.79 Å². The van der Waals surface area contributed by atoms with Gasteiger partial charge in [-0.15, -0.1) is 0 Å². The van der Waals surface area contributed by atoms with Crippen LogP contribution in [0.2, 0.25) is 0 Å². The van der Waals surface area contributed by atoms with E-state index in [1.54, 1.807) is 0 Å². The van der Waals surface area contributed by atoms with Gasteiger partial charge in [-0.25, -0.2) is 4.98 Å². The van der Waals surface area contributed by atoms with Gasteiger partial charge >= 0.3 is 0 Å². The minimum atomic E-state index is 0.0726. The van der Waals surface area contributed by atoms with Gasteiger partial charge in [0.1, 0.15) is 11.6 Å². The van der Waals surface area contributed by atoms with Crippen LogP contribution in [-0.2, 0) is 17.8 Å². The van der Waals surface area contributed by atoms with Crippen molar-refractivity contribution in [2.75, 3.05) is 18.1 Å². The summed E-state index contributed by atoms with van der Waals surface area (Å²) in [5.41, 5.74) is 5.54. The Balaban J connectivity index is 1.33. The Kier molecular flexibility index (Phi) is 6.35. The monoisotopic (exact) mass is 453 g/mol. The van der Waals surface area contributed by atoms with Gasteiger partial charge in [0, 0.05) is 31.1 Å². The second-order valence-corrected chi connectivity index (χ2v) is 9.05. The maximum atomic E-state index is 13.0. The highest BCUT2D eigenvalue weighted by Crippen LogP contribution is 2.33. The number of carbonyl (C=O) groups excluding carboxylic acids is 1. The maximum Gasteiger partial charge on any atom is 0.227 e. The second-order valence-electron chi connectivity index (χ2n) is 9.05. The van der Waals surface area contributed by atoms with Crippen molar-refractivity contribution in [3.05, 3.63) is 89.7 Å². The normalized spacial score (nSPS) is 15.9. The number of aryl methyl sites for hydroxylation is 3. The van der Waals surface area contributed by atoms with Gasteiger partial charge in [0.15, 0.2) is 0 Å². The summed E-state index contributed by atoms with van der Waals surface area (Å²) in [4.78, 5) is 19.8. The Morgan fingerprint density at radius 3 is 2.65 bits per heavy atom. The van der Waals surface area contributed by atoms with E-state index in [0.717, 1.165) is 47.7 Å². The van der Waals surface area contributed by atoms with E-state index >= 15 is 0 Å². The van der Waals surface area contributed by atoms with Crippen molar-refractivity contribution in [1.29, 1.82) is 0 Å². The van der Waals surface area contributed by atoms with Crippen LogP contribution >= 0.6 is 0 Å². The number of benzene rings is 3. The minimum absolute atomic E-state index is 0.0726. The van der Waals surface area contributed by atoms with E-state index in [9.17, 15) is 4.79 Å². The maximum absolute atomic E-state index is 13.0. The van der Waals surface area contributed by atoms with Crippen LogP contribution in [0.4, 0.5) is 5.69 Å². The van der Waals surface area contributed by atoms with E-state index in [2.05, 4.69) is 73.0 Å². The van der Waals surface area contributed by atoms with Gasteiger partial charge in [0.05, 0.1) is 17.6 Å². The van der Waals surface area contributed by atoms with Gasteiger partial charge in [-0.2, -0.15) is 0 Å². The molecule has 2 heterocycles. The predicted octanol–water partition coefficient (Wildman–Crippen LogP) is 5.90. The number of rotatable bonds is 8. The van der Waals surface area contributed by atoms with Gasteiger partial charge in [0.2, 0.25) is 5.91 Å². The van der Waals surface area contributed by atoms with Crippen LogP contribution in [0.3, 0.4) is 0 Å². The van der Waals surface area contributed by atoms with Crippen LogP contribution < -0.4 is 9.64 Å². The summed E-state index contributed by atoms with van der Waals surface area (Å²) >= 11 is 0. The summed E-state index contributed by atoms with van der Waals surface area (Å²) in [6, 6.07) is 24.7. The molecule has 1 fully saturated rings. The van der Waals surface area contributed by atoms with Gasteiger partial charge in [0.25, 0.3) is 0 Å². The van der Waals surface area contributed by atoms with Crippen molar-refractivity contribution in [3.63, 3.8) is 0 Å². The van der Waals surface area contributed by atoms with E-state index < -0.39 is 0 Å². The molecule has 4 aromatic rings. The number of hydrogen-bond acceptors (Lipinski definition) is 3. The highest BCUT2D eigenvalue weighted by Gasteiger charge is 2.34. The molecule has 0 radical (unpaired) electrons. The van der Waals surface area contributed by atoms with E-state index in [-0.39, 0.29) is 11.8 Å². The number of nitrogens with zero attached hydrogens (tertiary/aromatic N) is 3. The second kappa shape index (κ2) is 9.72. The molecule has 0 N–H and O–H groups in total. The smallest absolute Gasteiger partial charge is 0.227 e. The molecule has 1 aliphatic heterocycles. The van der Waals surface area contributed by atoms with E-state index in [4.69, 9.17) is 9.72 Å². The fourth-order valence-corrected chi connectivity index (χ4v) is 4.80.